The van der Waals surface area contributed by atoms with Crippen molar-refractivity contribution in [2.24, 2.45) is 4.99 Å². The minimum atomic E-state index is -0.150. The van der Waals surface area contributed by atoms with Crippen LogP contribution in [0.1, 0.15) is 46.5 Å². The van der Waals surface area contributed by atoms with E-state index in [9.17, 15) is 5.11 Å². The molecule has 0 aromatic carbocycles. The van der Waals surface area contributed by atoms with Crippen molar-refractivity contribution in [3.63, 3.8) is 0 Å². The Bertz CT molecular complexity index is 404. The number of aliphatic imine (C=N–C) groups is 1. The van der Waals surface area contributed by atoms with Gasteiger partial charge in [-0.05, 0) is 46.5 Å². The van der Waals surface area contributed by atoms with Crippen LogP contribution in [-0.4, -0.2) is 85.0 Å². The van der Waals surface area contributed by atoms with E-state index in [1.165, 1.54) is 0 Å². The van der Waals surface area contributed by atoms with E-state index in [1.54, 1.807) is 0 Å². The average molecular weight is 468 g/mol. The normalized spacial score (nSPS) is 22.0. The monoisotopic (exact) mass is 468 g/mol. The summed E-state index contributed by atoms with van der Waals surface area (Å²) in [5.41, 5.74) is 0.0503. The third kappa shape index (κ3) is 6.84. The Morgan fingerprint density at radius 3 is 2.28 bits per heavy atom. The van der Waals surface area contributed by atoms with Gasteiger partial charge in [0.25, 0.3) is 0 Å². The van der Waals surface area contributed by atoms with E-state index in [-0.39, 0.29) is 35.6 Å². The van der Waals surface area contributed by atoms with Crippen LogP contribution in [0.2, 0.25) is 0 Å². The number of piperidine rings is 2. The Hall–Kier alpha value is -0.120. The number of aliphatic hydroxyl groups excluding tert-OH is 1. The van der Waals surface area contributed by atoms with Crippen LogP contribution in [0.15, 0.2) is 4.99 Å². The lowest BCUT2D eigenvalue weighted by Gasteiger charge is -2.42. The highest BCUT2D eigenvalue weighted by Crippen LogP contribution is 2.22. The number of nitrogens with one attached hydrogen (secondary N) is 1. The van der Waals surface area contributed by atoms with Crippen LogP contribution in [0.3, 0.4) is 0 Å². The molecule has 6 nitrogen and oxygen atoms in total. The predicted molar refractivity (Wildman–Crippen MR) is 114 cm³/mol. The number of hydrogen-bond donors (Lipinski definition) is 2. The molecule has 0 spiro atoms. The first-order chi connectivity index (χ1) is 11.5. The minimum Gasteiger partial charge on any atom is -0.393 e. The SMILES string of the molecule is CCNC(=NCC(C)(C)N1CCC(OC)CC1)N1CCC(O)CC1.I. The summed E-state index contributed by atoms with van der Waals surface area (Å²) in [6.07, 6.45) is 4.14. The molecule has 0 aromatic rings. The number of guanidine groups is 1. The Labute approximate surface area is 170 Å². The number of aliphatic hydroxyl groups is 1. The molecule has 0 aliphatic carbocycles. The lowest BCUT2D eigenvalue weighted by Crippen LogP contribution is -2.52. The number of ether oxygens (including phenoxy) is 1. The molecular weight excluding hydrogens is 431 g/mol. The van der Waals surface area contributed by atoms with Crippen LogP contribution in [0, 0.1) is 0 Å². The van der Waals surface area contributed by atoms with E-state index in [0.717, 1.165) is 70.9 Å². The van der Waals surface area contributed by atoms with Crippen molar-refractivity contribution >= 4 is 29.9 Å². The van der Waals surface area contributed by atoms with Crippen molar-refractivity contribution in [1.82, 2.24) is 15.1 Å². The molecule has 2 aliphatic heterocycles. The molecule has 25 heavy (non-hydrogen) atoms. The van der Waals surface area contributed by atoms with Crippen molar-refractivity contribution < 1.29 is 9.84 Å². The summed E-state index contributed by atoms with van der Waals surface area (Å²) in [7, 11) is 1.81. The molecule has 148 valence electrons. The molecule has 2 aliphatic rings. The second-order valence-electron chi connectivity index (χ2n) is 7.62. The summed E-state index contributed by atoms with van der Waals surface area (Å²) in [6, 6.07) is 0. The van der Waals surface area contributed by atoms with E-state index in [2.05, 4.69) is 35.9 Å². The van der Waals surface area contributed by atoms with Gasteiger partial charge in [-0.1, -0.05) is 0 Å². The molecule has 0 aromatic heterocycles. The summed E-state index contributed by atoms with van der Waals surface area (Å²) in [4.78, 5) is 9.74. The molecule has 2 rings (SSSR count). The molecule has 0 amide bonds. The van der Waals surface area contributed by atoms with Crippen molar-refractivity contribution in [2.45, 2.75) is 64.2 Å². The lowest BCUT2D eigenvalue weighted by molar-refractivity contribution is 0.00899. The van der Waals surface area contributed by atoms with Gasteiger partial charge in [0.05, 0.1) is 18.8 Å². The first-order valence-corrected chi connectivity index (χ1v) is 9.45. The third-order valence-corrected chi connectivity index (χ3v) is 5.35. The van der Waals surface area contributed by atoms with Crippen molar-refractivity contribution in [1.29, 1.82) is 0 Å². The zero-order valence-electron chi connectivity index (χ0n) is 16.3. The van der Waals surface area contributed by atoms with Gasteiger partial charge in [0.1, 0.15) is 0 Å². The predicted octanol–water partition coefficient (Wildman–Crippen LogP) is 1.92. The molecule has 7 heteroatoms. The number of likely N-dealkylation sites (tertiary alicyclic amines) is 2. The zero-order chi connectivity index (χ0) is 17.6. The van der Waals surface area contributed by atoms with E-state index in [4.69, 9.17) is 9.73 Å². The quantitative estimate of drug-likeness (QED) is 0.367. The maximum atomic E-state index is 9.71. The maximum Gasteiger partial charge on any atom is 0.193 e. The molecule has 2 saturated heterocycles. The first kappa shape index (κ1) is 22.9. The Morgan fingerprint density at radius 1 is 1.16 bits per heavy atom. The van der Waals surface area contributed by atoms with Gasteiger partial charge in [-0.3, -0.25) is 9.89 Å². The lowest BCUT2D eigenvalue weighted by atomic mass is 9.97. The Morgan fingerprint density at radius 2 is 1.76 bits per heavy atom. The molecular formula is C18H37IN4O2. The number of methoxy groups -OCH3 is 1. The van der Waals surface area contributed by atoms with Gasteiger partial charge in [-0.2, -0.15) is 0 Å². The highest BCUT2D eigenvalue weighted by atomic mass is 127. The van der Waals surface area contributed by atoms with Crippen molar-refractivity contribution in [3.8, 4) is 0 Å². The van der Waals surface area contributed by atoms with Crippen LogP contribution in [0.4, 0.5) is 0 Å². The third-order valence-electron chi connectivity index (χ3n) is 5.35. The maximum absolute atomic E-state index is 9.71. The number of rotatable bonds is 5. The van der Waals surface area contributed by atoms with Crippen molar-refractivity contribution in [2.75, 3.05) is 46.4 Å². The Kier molecular flexibility index (Phi) is 9.98. The van der Waals surface area contributed by atoms with Gasteiger partial charge in [0.15, 0.2) is 5.96 Å². The van der Waals surface area contributed by atoms with E-state index in [1.807, 2.05) is 7.11 Å². The highest BCUT2D eigenvalue weighted by molar-refractivity contribution is 14.0. The zero-order valence-corrected chi connectivity index (χ0v) is 18.7. The fraction of sp³-hybridized carbons (Fsp3) is 0.944. The number of hydrogen-bond acceptors (Lipinski definition) is 4. The van der Waals surface area contributed by atoms with Gasteiger partial charge in [0, 0.05) is 45.4 Å². The van der Waals surface area contributed by atoms with E-state index < -0.39 is 0 Å². The van der Waals surface area contributed by atoms with Gasteiger partial charge in [-0.15, -0.1) is 24.0 Å². The summed E-state index contributed by atoms with van der Waals surface area (Å²) >= 11 is 0. The average Bonchev–Trinajstić information content (AvgIpc) is 2.59. The topological polar surface area (TPSA) is 60.3 Å². The number of halogens is 1. The van der Waals surface area contributed by atoms with Crippen LogP contribution < -0.4 is 5.32 Å². The van der Waals surface area contributed by atoms with Crippen LogP contribution >= 0.6 is 24.0 Å². The first-order valence-electron chi connectivity index (χ1n) is 9.45. The summed E-state index contributed by atoms with van der Waals surface area (Å²) in [5, 5.41) is 13.1. The summed E-state index contributed by atoms with van der Waals surface area (Å²) in [6.45, 7) is 12.2. The molecule has 2 N–H and O–H groups in total. The molecule has 0 unspecified atom stereocenters. The van der Waals surface area contributed by atoms with E-state index >= 15 is 0 Å². The second-order valence-corrected chi connectivity index (χ2v) is 7.62. The highest BCUT2D eigenvalue weighted by Gasteiger charge is 2.31. The van der Waals surface area contributed by atoms with Crippen molar-refractivity contribution in [3.05, 3.63) is 0 Å². The van der Waals surface area contributed by atoms with Gasteiger partial charge in [0.2, 0.25) is 0 Å². The van der Waals surface area contributed by atoms with Gasteiger partial charge >= 0.3 is 0 Å². The molecule has 2 fully saturated rings. The summed E-state index contributed by atoms with van der Waals surface area (Å²) < 4.78 is 5.48. The molecule has 0 bridgehead atoms. The molecule has 0 radical (unpaired) electrons. The second kappa shape index (κ2) is 10.9. The van der Waals surface area contributed by atoms with Crippen LogP contribution in [-0.2, 0) is 4.74 Å². The smallest absolute Gasteiger partial charge is 0.193 e. The molecule has 0 saturated carbocycles. The fourth-order valence-corrected chi connectivity index (χ4v) is 3.57. The minimum absolute atomic E-state index is 0. The van der Waals surface area contributed by atoms with Gasteiger partial charge in [-0.25, -0.2) is 0 Å². The largest absolute Gasteiger partial charge is 0.393 e. The van der Waals surface area contributed by atoms with Crippen LogP contribution in [0.25, 0.3) is 0 Å². The van der Waals surface area contributed by atoms with Crippen LogP contribution in [0.5, 0.6) is 0 Å². The number of nitrogens with zero attached hydrogens (tertiary/aromatic N) is 3. The fourth-order valence-electron chi connectivity index (χ4n) is 3.57. The van der Waals surface area contributed by atoms with Gasteiger partial charge < -0.3 is 20.1 Å². The van der Waals surface area contributed by atoms with E-state index in [0.29, 0.717) is 6.10 Å². The Balaban J connectivity index is 0.00000312. The molecule has 2 heterocycles. The standard InChI is InChI=1S/C18H36N4O2.HI/c1-5-19-17(21-10-6-15(23)7-11-21)20-14-18(2,3)22-12-8-16(24-4)9-13-22;/h15-16,23H,5-14H2,1-4H3,(H,19,20);1H. The summed E-state index contributed by atoms with van der Waals surface area (Å²) in [5.74, 6) is 0.990. The molecule has 0 atom stereocenters.